The fourth-order valence-electron chi connectivity index (χ4n) is 1.17. The Labute approximate surface area is 99.5 Å². The molecule has 16 heavy (non-hydrogen) atoms. The first-order chi connectivity index (χ1) is 7.16. The SMILES string of the molecule is Cc1c(F)cc(S(C)(=O)=O)c(Br)c1[N+](=O)[O-]. The summed E-state index contributed by atoms with van der Waals surface area (Å²) in [6.07, 6.45) is 0.853. The van der Waals surface area contributed by atoms with Gasteiger partial charge in [0.05, 0.1) is 15.4 Å². The number of nitro groups is 1. The van der Waals surface area contributed by atoms with Gasteiger partial charge in [-0.3, -0.25) is 10.1 Å². The first-order valence-electron chi connectivity index (χ1n) is 3.99. The van der Waals surface area contributed by atoms with E-state index in [0.717, 1.165) is 12.3 Å². The van der Waals surface area contributed by atoms with Crippen LogP contribution < -0.4 is 0 Å². The van der Waals surface area contributed by atoms with Gasteiger partial charge < -0.3 is 0 Å². The Kier molecular flexibility index (Phi) is 3.34. The van der Waals surface area contributed by atoms with E-state index in [1.54, 1.807) is 0 Å². The van der Waals surface area contributed by atoms with Crippen LogP contribution in [-0.2, 0) is 9.84 Å². The lowest BCUT2D eigenvalue weighted by atomic mass is 10.2. The number of nitro benzene ring substituents is 1. The summed E-state index contributed by atoms with van der Waals surface area (Å²) < 4.78 is 35.6. The number of hydrogen-bond acceptors (Lipinski definition) is 4. The molecule has 0 bridgehead atoms. The molecule has 0 atom stereocenters. The van der Waals surface area contributed by atoms with Gasteiger partial charge in [-0.25, -0.2) is 12.8 Å². The predicted molar refractivity (Wildman–Crippen MR) is 58.6 cm³/mol. The molecule has 5 nitrogen and oxygen atoms in total. The highest BCUT2D eigenvalue weighted by atomic mass is 79.9. The number of hydrogen-bond donors (Lipinski definition) is 0. The van der Waals surface area contributed by atoms with Crippen molar-refractivity contribution in [2.24, 2.45) is 0 Å². The van der Waals surface area contributed by atoms with Crippen molar-refractivity contribution >= 4 is 31.5 Å². The maximum atomic E-state index is 13.3. The smallest absolute Gasteiger partial charge is 0.258 e. The van der Waals surface area contributed by atoms with Crippen LogP contribution in [-0.4, -0.2) is 19.6 Å². The molecule has 0 saturated heterocycles. The molecule has 0 amide bonds. The number of rotatable bonds is 2. The number of sulfone groups is 1. The minimum atomic E-state index is -3.72. The molecule has 0 unspecified atom stereocenters. The molecule has 0 heterocycles. The lowest BCUT2D eigenvalue weighted by Crippen LogP contribution is -2.04. The molecule has 0 aliphatic carbocycles. The maximum Gasteiger partial charge on any atom is 0.290 e. The molecule has 0 radical (unpaired) electrons. The van der Waals surface area contributed by atoms with Crippen molar-refractivity contribution in [2.45, 2.75) is 11.8 Å². The molecule has 0 aliphatic rings. The van der Waals surface area contributed by atoms with Gasteiger partial charge >= 0.3 is 0 Å². The standard InChI is InChI=1S/C8H7BrFNO4S/c1-4-5(10)3-6(16(2,14)15)7(9)8(4)11(12)13/h3H,1-2H3. The van der Waals surface area contributed by atoms with E-state index >= 15 is 0 Å². The molecule has 8 heteroatoms. The zero-order valence-corrected chi connectivity index (χ0v) is 10.7. The average molecular weight is 312 g/mol. The molecule has 1 rings (SSSR count). The molecule has 1 aromatic rings. The highest BCUT2D eigenvalue weighted by molar-refractivity contribution is 9.10. The van der Waals surface area contributed by atoms with Crippen molar-refractivity contribution in [1.82, 2.24) is 0 Å². The largest absolute Gasteiger partial charge is 0.290 e. The Morgan fingerprint density at radius 3 is 2.38 bits per heavy atom. The van der Waals surface area contributed by atoms with Gasteiger partial charge in [0.2, 0.25) is 0 Å². The summed E-state index contributed by atoms with van der Waals surface area (Å²) in [4.78, 5) is 9.44. The predicted octanol–water partition coefficient (Wildman–Crippen LogP) is 2.21. The van der Waals surface area contributed by atoms with Crippen LogP contribution in [0.25, 0.3) is 0 Å². The summed E-state index contributed by atoms with van der Waals surface area (Å²) in [5.41, 5.74) is -0.773. The maximum absolute atomic E-state index is 13.3. The molecular formula is C8H7BrFNO4S. The van der Waals surface area contributed by atoms with Crippen LogP contribution in [0.5, 0.6) is 0 Å². The third-order valence-electron chi connectivity index (χ3n) is 1.98. The van der Waals surface area contributed by atoms with E-state index in [1.807, 2.05) is 0 Å². The zero-order chi connectivity index (χ0) is 12.7. The number of benzene rings is 1. The van der Waals surface area contributed by atoms with Crippen LogP contribution in [0.1, 0.15) is 5.56 Å². The molecule has 88 valence electrons. The van der Waals surface area contributed by atoms with Crippen molar-refractivity contribution in [2.75, 3.05) is 6.26 Å². The monoisotopic (exact) mass is 311 g/mol. The lowest BCUT2D eigenvalue weighted by molar-refractivity contribution is -0.386. The summed E-state index contributed by atoms with van der Waals surface area (Å²) in [6, 6.07) is 0.766. The minimum absolute atomic E-state index is 0.204. The van der Waals surface area contributed by atoms with Crippen molar-refractivity contribution in [3.8, 4) is 0 Å². The molecule has 0 aromatic heterocycles. The van der Waals surface area contributed by atoms with E-state index < -0.39 is 31.2 Å². The summed E-state index contributed by atoms with van der Waals surface area (Å²) in [5, 5.41) is 10.7. The molecule has 0 fully saturated rings. The Hall–Kier alpha value is -1.02. The summed E-state index contributed by atoms with van der Waals surface area (Å²) in [7, 11) is -3.72. The molecule has 0 spiro atoms. The van der Waals surface area contributed by atoms with Crippen LogP contribution in [0.3, 0.4) is 0 Å². The highest BCUT2D eigenvalue weighted by Gasteiger charge is 2.26. The molecule has 0 saturated carbocycles. The molecule has 0 aliphatic heterocycles. The quantitative estimate of drug-likeness (QED) is 0.619. The Morgan fingerprint density at radius 2 is 2.00 bits per heavy atom. The van der Waals surface area contributed by atoms with Crippen LogP contribution in [0.15, 0.2) is 15.4 Å². The van der Waals surface area contributed by atoms with Crippen molar-refractivity contribution in [3.63, 3.8) is 0 Å². The first-order valence-corrected chi connectivity index (χ1v) is 6.67. The highest BCUT2D eigenvalue weighted by Crippen LogP contribution is 2.35. The van der Waals surface area contributed by atoms with Gasteiger partial charge in [-0.2, -0.15) is 0 Å². The number of halogens is 2. The molecular weight excluding hydrogens is 305 g/mol. The Balaban J connectivity index is 3.78. The van der Waals surface area contributed by atoms with E-state index in [4.69, 9.17) is 0 Å². The number of nitrogens with zero attached hydrogens (tertiary/aromatic N) is 1. The Morgan fingerprint density at radius 1 is 1.50 bits per heavy atom. The fourth-order valence-corrected chi connectivity index (χ4v) is 3.35. The first kappa shape index (κ1) is 13.0. The van der Waals surface area contributed by atoms with Crippen molar-refractivity contribution in [3.05, 3.63) is 32.0 Å². The van der Waals surface area contributed by atoms with Crippen molar-refractivity contribution < 1.29 is 17.7 Å². The normalized spacial score (nSPS) is 11.5. The van der Waals surface area contributed by atoms with Crippen LogP contribution in [0, 0.1) is 22.9 Å². The van der Waals surface area contributed by atoms with Crippen molar-refractivity contribution in [1.29, 1.82) is 0 Å². The van der Waals surface area contributed by atoms with Crippen LogP contribution in [0.4, 0.5) is 10.1 Å². The van der Waals surface area contributed by atoms with Crippen LogP contribution in [0.2, 0.25) is 0 Å². The summed E-state index contributed by atoms with van der Waals surface area (Å²) in [6.45, 7) is 1.21. The minimum Gasteiger partial charge on any atom is -0.258 e. The average Bonchev–Trinajstić information content (AvgIpc) is 2.09. The third kappa shape index (κ3) is 2.22. The van der Waals surface area contributed by atoms with Gasteiger partial charge in [0.1, 0.15) is 10.3 Å². The molecule has 1 aromatic carbocycles. The van der Waals surface area contributed by atoms with Gasteiger partial charge in [-0.15, -0.1) is 0 Å². The van der Waals surface area contributed by atoms with Gasteiger partial charge in [0.15, 0.2) is 9.84 Å². The van der Waals surface area contributed by atoms with E-state index in [2.05, 4.69) is 15.9 Å². The fraction of sp³-hybridized carbons (Fsp3) is 0.250. The Bertz CT molecular complexity index is 570. The van der Waals surface area contributed by atoms with E-state index in [9.17, 15) is 22.9 Å². The summed E-state index contributed by atoms with van der Waals surface area (Å²) in [5.74, 6) is -0.921. The second kappa shape index (κ2) is 4.10. The van der Waals surface area contributed by atoms with E-state index in [0.29, 0.717) is 0 Å². The summed E-state index contributed by atoms with van der Waals surface area (Å²) >= 11 is 2.82. The van der Waals surface area contributed by atoms with Crippen LogP contribution >= 0.6 is 15.9 Å². The molecule has 0 N–H and O–H groups in total. The van der Waals surface area contributed by atoms with Gasteiger partial charge in [0, 0.05) is 6.26 Å². The third-order valence-corrected chi connectivity index (χ3v) is 4.16. The topological polar surface area (TPSA) is 77.3 Å². The zero-order valence-electron chi connectivity index (χ0n) is 8.32. The van der Waals surface area contributed by atoms with E-state index in [1.165, 1.54) is 6.92 Å². The second-order valence-corrected chi connectivity index (χ2v) is 5.95. The second-order valence-electron chi connectivity index (χ2n) is 3.17. The lowest BCUT2D eigenvalue weighted by Gasteiger charge is -2.06. The van der Waals surface area contributed by atoms with Gasteiger partial charge in [-0.1, -0.05) is 0 Å². The van der Waals surface area contributed by atoms with Gasteiger partial charge in [-0.05, 0) is 28.9 Å². The van der Waals surface area contributed by atoms with Gasteiger partial charge in [0.25, 0.3) is 5.69 Å². The van der Waals surface area contributed by atoms with E-state index in [-0.39, 0.29) is 10.0 Å².